The lowest BCUT2D eigenvalue weighted by molar-refractivity contribution is -0.122. The van der Waals surface area contributed by atoms with Crippen molar-refractivity contribution < 1.29 is 14.6 Å². The van der Waals surface area contributed by atoms with E-state index in [4.69, 9.17) is 15.6 Å². The number of benzene rings is 1. The van der Waals surface area contributed by atoms with Gasteiger partial charge in [-0.05, 0) is 12.0 Å². The van der Waals surface area contributed by atoms with Crippen LogP contribution in [0.2, 0.25) is 0 Å². The molecule has 0 saturated carbocycles. The molecule has 0 aromatic heterocycles. The monoisotopic (exact) mass is 252 g/mol. The molecule has 1 unspecified atom stereocenters. The van der Waals surface area contributed by atoms with Crippen molar-refractivity contribution >= 4 is 5.91 Å². The molecule has 18 heavy (non-hydrogen) atoms. The van der Waals surface area contributed by atoms with E-state index in [9.17, 15) is 4.79 Å². The fourth-order valence-corrected chi connectivity index (χ4v) is 1.50. The summed E-state index contributed by atoms with van der Waals surface area (Å²) in [7, 11) is 0. The molecule has 0 saturated heterocycles. The van der Waals surface area contributed by atoms with Crippen LogP contribution in [-0.4, -0.2) is 43.4 Å². The first kappa shape index (κ1) is 14.6. The summed E-state index contributed by atoms with van der Waals surface area (Å²) in [6, 6.07) is 9.10. The second-order valence-electron chi connectivity index (χ2n) is 3.92. The molecule has 0 radical (unpaired) electrons. The van der Waals surface area contributed by atoms with Gasteiger partial charge in [-0.1, -0.05) is 30.3 Å². The molecule has 1 aromatic rings. The van der Waals surface area contributed by atoms with Gasteiger partial charge in [0.2, 0.25) is 5.91 Å². The van der Waals surface area contributed by atoms with Gasteiger partial charge in [-0.25, -0.2) is 0 Å². The summed E-state index contributed by atoms with van der Waals surface area (Å²) in [5.41, 5.74) is 6.84. The lowest BCUT2D eigenvalue weighted by Gasteiger charge is -2.12. The largest absolute Gasteiger partial charge is 0.394 e. The molecule has 1 atom stereocenters. The third kappa shape index (κ3) is 5.77. The third-order valence-electron chi connectivity index (χ3n) is 2.42. The normalized spacial score (nSPS) is 12.1. The molecule has 0 spiro atoms. The van der Waals surface area contributed by atoms with Crippen LogP contribution in [0, 0.1) is 0 Å². The van der Waals surface area contributed by atoms with E-state index in [1.54, 1.807) is 0 Å². The Morgan fingerprint density at radius 2 is 2.06 bits per heavy atom. The van der Waals surface area contributed by atoms with E-state index in [0.717, 1.165) is 5.56 Å². The Kier molecular flexibility index (Phi) is 7.01. The number of nitrogens with one attached hydrogen (secondary N) is 1. The van der Waals surface area contributed by atoms with Gasteiger partial charge in [0.25, 0.3) is 0 Å². The Hall–Kier alpha value is -1.43. The van der Waals surface area contributed by atoms with E-state index in [0.29, 0.717) is 19.6 Å². The van der Waals surface area contributed by atoms with Gasteiger partial charge in [-0.2, -0.15) is 0 Å². The number of aliphatic hydroxyl groups is 1. The highest BCUT2D eigenvalue weighted by atomic mass is 16.5. The molecule has 5 heteroatoms. The molecule has 0 aliphatic carbocycles. The molecule has 100 valence electrons. The van der Waals surface area contributed by atoms with Crippen LogP contribution in [0.4, 0.5) is 0 Å². The molecular formula is C13H20N2O3. The van der Waals surface area contributed by atoms with Gasteiger partial charge >= 0.3 is 0 Å². The Balaban J connectivity index is 2.21. The van der Waals surface area contributed by atoms with Crippen molar-refractivity contribution in [3.63, 3.8) is 0 Å². The molecule has 0 aliphatic rings. The minimum Gasteiger partial charge on any atom is -0.394 e. The van der Waals surface area contributed by atoms with Crippen molar-refractivity contribution in [1.29, 1.82) is 0 Å². The minimum absolute atomic E-state index is 0.0124. The Morgan fingerprint density at radius 3 is 2.72 bits per heavy atom. The number of rotatable bonds is 8. The number of aliphatic hydroxyl groups excluding tert-OH is 1. The first-order valence-electron chi connectivity index (χ1n) is 6.00. The topological polar surface area (TPSA) is 84.6 Å². The SMILES string of the molecule is NC(Cc1ccccc1)C(=O)NCCOCCO. The van der Waals surface area contributed by atoms with Crippen molar-refractivity contribution in [1.82, 2.24) is 5.32 Å². The number of hydrogen-bond donors (Lipinski definition) is 3. The molecular weight excluding hydrogens is 232 g/mol. The minimum atomic E-state index is -0.551. The smallest absolute Gasteiger partial charge is 0.237 e. The van der Waals surface area contributed by atoms with Gasteiger partial charge in [0.1, 0.15) is 0 Å². The van der Waals surface area contributed by atoms with Gasteiger partial charge in [0.05, 0.1) is 25.9 Å². The van der Waals surface area contributed by atoms with Gasteiger partial charge in [-0.15, -0.1) is 0 Å². The molecule has 0 fully saturated rings. The van der Waals surface area contributed by atoms with Crippen molar-refractivity contribution in [2.24, 2.45) is 5.73 Å². The molecule has 1 aromatic carbocycles. The van der Waals surface area contributed by atoms with Crippen LogP contribution in [0.1, 0.15) is 5.56 Å². The van der Waals surface area contributed by atoms with E-state index in [2.05, 4.69) is 5.32 Å². The number of ether oxygens (including phenoxy) is 1. The zero-order valence-electron chi connectivity index (χ0n) is 10.3. The van der Waals surface area contributed by atoms with Crippen LogP contribution < -0.4 is 11.1 Å². The third-order valence-corrected chi connectivity index (χ3v) is 2.42. The van der Waals surface area contributed by atoms with E-state index in [-0.39, 0.29) is 19.1 Å². The van der Waals surface area contributed by atoms with Crippen molar-refractivity contribution in [2.45, 2.75) is 12.5 Å². The van der Waals surface area contributed by atoms with Crippen LogP contribution in [-0.2, 0) is 16.0 Å². The fraction of sp³-hybridized carbons (Fsp3) is 0.462. The Morgan fingerprint density at radius 1 is 1.33 bits per heavy atom. The highest BCUT2D eigenvalue weighted by Crippen LogP contribution is 2.01. The summed E-state index contributed by atoms with van der Waals surface area (Å²) in [5.74, 6) is -0.188. The first-order valence-corrected chi connectivity index (χ1v) is 6.00. The van der Waals surface area contributed by atoms with Crippen molar-refractivity contribution in [3.05, 3.63) is 35.9 Å². The van der Waals surface area contributed by atoms with Crippen LogP contribution >= 0.6 is 0 Å². The number of carbonyl (C=O) groups is 1. The lowest BCUT2D eigenvalue weighted by atomic mass is 10.1. The molecule has 1 rings (SSSR count). The lowest BCUT2D eigenvalue weighted by Crippen LogP contribution is -2.43. The molecule has 0 aliphatic heterocycles. The highest BCUT2D eigenvalue weighted by molar-refractivity contribution is 5.81. The summed E-state index contributed by atoms with van der Waals surface area (Å²) in [6.45, 7) is 1.05. The van der Waals surface area contributed by atoms with Gasteiger partial charge in [0, 0.05) is 6.54 Å². The van der Waals surface area contributed by atoms with Crippen LogP contribution in [0.15, 0.2) is 30.3 Å². The number of nitrogens with two attached hydrogens (primary N) is 1. The average Bonchev–Trinajstić information content (AvgIpc) is 2.39. The maximum Gasteiger partial charge on any atom is 0.237 e. The van der Waals surface area contributed by atoms with E-state index in [1.165, 1.54) is 0 Å². The summed E-state index contributed by atoms with van der Waals surface area (Å²) in [6.07, 6.45) is 0.518. The van der Waals surface area contributed by atoms with E-state index < -0.39 is 6.04 Å². The summed E-state index contributed by atoms with van der Waals surface area (Å²) in [5, 5.41) is 11.2. The highest BCUT2D eigenvalue weighted by Gasteiger charge is 2.12. The number of amides is 1. The number of carbonyl (C=O) groups excluding carboxylic acids is 1. The summed E-state index contributed by atoms with van der Waals surface area (Å²) < 4.78 is 5.03. The van der Waals surface area contributed by atoms with Crippen molar-refractivity contribution in [2.75, 3.05) is 26.4 Å². The van der Waals surface area contributed by atoms with Crippen LogP contribution in [0.5, 0.6) is 0 Å². The van der Waals surface area contributed by atoms with Gasteiger partial charge in [0.15, 0.2) is 0 Å². The Labute approximate surface area is 107 Å². The molecule has 0 heterocycles. The van der Waals surface area contributed by atoms with Crippen LogP contribution in [0.25, 0.3) is 0 Å². The second-order valence-corrected chi connectivity index (χ2v) is 3.92. The number of hydrogen-bond acceptors (Lipinski definition) is 4. The predicted molar refractivity (Wildman–Crippen MR) is 69.0 cm³/mol. The zero-order chi connectivity index (χ0) is 13.2. The molecule has 5 nitrogen and oxygen atoms in total. The predicted octanol–water partition coefficient (Wildman–Crippen LogP) is -0.318. The van der Waals surface area contributed by atoms with Gasteiger partial charge in [-0.3, -0.25) is 4.79 Å². The molecule has 4 N–H and O–H groups in total. The standard InChI is InChI=1S/C13H20N2O3/c14-12(10-11-4-2-1-3-5-11)13(17)15-6-8-18-9-7-16/h1-5,12,16H,6-10,14H2,(H,15,17). The maximum atomic E-state index is 11.6. The Bertz CT molecular complexity index is 343. The second kappa shape index (κ2) is 8.63. The molecule has 1 amide bonds. The fourth-order valence-electron chi connectivity index (χ4n) is 1.50. The van der Waals surface area contributed by atoms with E-state index >= 15 is 0 Å². The zero-order valence-corrected chi connectivity index (χ0v) is 10.3. The summed E-state index contributed by atoms with van der Waals surface area (Å²) >= 11 is 0. The summed E-state index contributed by atoms with van der Waals surface area (Å²) in [4.78, 5) is 11.6. The maximum absolute atomic E-state index is 11.6. The molecule has 0 bridgehead atoms. The van der Waals surface area contributed by atoms with Crippen LogP contribution in [0.3, 0.4) is 0 Å². The van der Waals surface area contributed by atoms with E-state index in [1.807, 2.05) is 30.3 Å². The van der Waals surface area contributed by atoms with Crippen molar-refractivity contribution in [3.8, 4) is 0 Å². The average molecular weight is 252 g/mol. The first-order chi connectivity index (χ1) is 8.74. The van der Waals surface area contributed by atoms with Gasteiger partial charge < -0.3 is 20.9 Å². The quantitative estimate of drug-likeness (QED) is 0.554.